The third-order valence-corrected chi connectivity index (χ3v) is 25.0. The van der Waals surface area contributed by atoms with Crippen LogP contribution in [0, 0.1) is 0 Å². The maximum absolute atomic E-state index is 11.6. The molecule has 0 saturated heterocycles. The smallest absolute Gasteiger partial charge is 0.232 e. The maximum Gasteiger partial charge on any atom is 0.232 e. The van der Waals surface area contributed by atoms with Crippen LogP contribution in [0.2, 0.25) is 0 Å². The number of fused-ring (bicyclic) bond motifs is 7. The quantitative estimate of drug-likeness (QED) is 0.158. The van der Waals surface area contributed by atoms with E-state index in [0.29, 0.717) is 35.6 Å². The van der Waals surface area contributed by atoms with Crippen LogP contribution in [-0.2, 0) is 78.2 Å². The number of hydrogen-bond acceptors (Lipinski definition) is 20. The third-order valence-electron chi connectivity index (χ3n) is 15.8. The van der Waals surface area contributed by atoms with Crippen molar-refractivity contribution in [2.45, 2.75) is 156 Å². The molecule has 14 rings (SSSR count). The Hall–Kier alpha value is -5.64. The lowest BCUT2D eigenvalue weighted by atomic mass is 9.90. The van der Waals surface area contributed by atoms with E-state index in [-0.39, 0.29) is 44.1 Å². The van der Waals surface area contributed by atoms with Gasteiger partial charge in [-0.2, -0.15) is 34.0 Å². The van der Waals surface area contributed by atoms with E-state index in [4.69, 9.17) is 0 Å². The van der Waals surface area contributed by atoms with Gasteiger partial charge in [-0.05, 0) is 32.8 Å². The van der Waals surface area contributed by atoms with Crippen LogP contribution in [-0.4, -0.2) is 123 Å². The molecule has 7 aromatic rings. The summed E-state index contributed by atoms with van der Waals surface area (Å²) in [6.45, 7) is 33.9. The average molecular weight is 1300 g/mol. The molecule has 0 bridgehead atoms. The van der Waals surface area contributed by atoms with Crippen molar-refractivity contribution in [3.05, 3.63) is 122 Å². The van der Waals surface area contributed by atoms with Gasteiger partial charge in [0.25, 0.3) is 0 Å². The lowest BCUT2D eigenvalue weighted by Gasteiger charge is -2.19. The lowest BCUT2D eigenvalue weighted by molar-refractivity contribution is -0.116. The number of thioether (sulfide) groups is 1. The van der Waals surface area contributed by atoms with Gasteiger partial charge in [0, 0.05) is 104 Å². The van der Waals surface area contributed by atoms with Gasteiger partial charge in [0.05, 0.1) is 103 Å². The van der Waals surface area contributed by atoms with E-state index in [2.05, 4.69) is 131 Å². The van der Waals surface area contributed by atoms with Crippen LogP contribution in [0.4, 0.5) is 22.7 Å². The first-order chi connectivity index (χ1) is 39.9. The van der Waals surface area contributed by atoms with Crippen LogP contribution in [0.5, 0.6) is 0 Å². The Labute approximate surface area is 525 Å². The highest BCUT2D eigenvalue weighted by atomic mass is 32.2. The molecule has 0 aromatic carbocycles. The molecular weight excluding hydrogens is 1230 g/mol. The Bertz CT molecular complexity index is 3890. The number of nitrogens with one attached hydrogen (secondary N) is 1. The number of anilines is 4. The van der Waals surface area contributed by atoms with Crippen LogP contribution in [0.3, 0.4) is 0 Å². The van der Waals surface area contributed by atoms with Crippen molar-refractivity contribution in [3.63, 3.8) is 0 Å². The fraction of sp³-hybridized carbons (Fsp3) is 0.500. The van der Waals surface area contributed by atoms with Gasteiger partial charge in [-0.25, -0.2) is 56.7 Å². The molecule has 0 aliphatic carbocycles. The summed E-state index contributed by atoms with van der Waals surface area (Å²) in [5.74, 6) is 2.36. The van der Waals surface area contributed by atoms with Crippen LogP contribution < -0.4 is 19.4 Å². The summed E-state index contributed by atoms with van der Waals surface area (Å²) in [7, 11) is -6.92. The van der Waals surface area contributed by atoms with Crippen LogP contribution >= 0.6 is 45.8 Å². The van der Waals surface area contributed by atoms with Gasteiger partial charge in [-0.3, -0.25) is 18.1 Å². The second kappa shape index (κ2) is 24.7. The molecule has 2 amide bonds. The van der Waals surface area contributed by atoms with Crippen molar-refractivity contribution >= 4 is 111 Å². The van der Waals surface area contributed by atoms with E-state index in [9.17, 15) is 30.6 Å². The molecule has 1 unspecified atom stereocenters. The minimum atomic E-state index is -3.23. The van der Waals surface area contributed by atoms with Crippen LogP contribution in [0.15, 0.2) is 97.1 Å². The van der Waals surface area contributed by atoms with Crippen molar-refractivity contribution in [2.24, 2.45) is 0 Å². The molecule has 1 atom stereocenters. The maximum atomic E-state index is 11.6. The van der Waals surface area contributed by atoms with Crippen molar-refractivity contribution in [1.82, 2.24) is 39.9 Å². The number of thiophene rings is 3. The molecule has 0 fully saturated rings. The zero-order chi connectivity index (χ0) is 63.2. The standard InChI is InChI=1S/C10H13N3O.C9H13N3O2S.C9H11N3O.C8H11N3.C8H10O2S2.C8H10OS2.C8H10S2/c1-7(14)13-5-10(2,3)9-8(13)4-11-6-12-9;1-9(2)5-12(15(3,13)14)7-4-10-6-11-8(7)9;1-9(2)4-12(6-13)7-3-10-5-11-8(7)9;1-8(2)4-10-6-3-9-5-11-7(6)8;1-8(2)5-12(9,10)7-4-11-3-6(7)8;1-8(2)5-11(9)7-4-10-3-6(7)8;1-8(2)5-10-7-4-9-3-6(7)8/h4,6H,5H2,1-3H3;4,6H,5H2,1-3H3;3,5-6H,4H2,1-2H3;3,5,10H,4H2,1-2H3;3-4H,5H2,1-2H3;3-4H,5H2,1-2H3;3-4H,5H2,1-2H3. The number of sulfonamides is 1. The molecule has 86 heavy (non-hydrogen) atoms. The van der Waals surface area contributed by atoms with E-state index in [1.165, 1.54) is 57.1 Å². The minimum Gasteiger partial charge on any atom is -0.381 e. The first-order valence-electron chi connectivity index (χ1n) is 27.8. The fourth-order valence-corrected chi connectivity index (χ4v) is 21.6. The summed E-state index contributed by atoms with van der Waals surface area (Å²) in [6.07, 6.45) is 14.9. The van der Waals surface area contributed by atoms with Gasteiger partial charge >= 0.3 is 0 Å². The van der Waals surface area contributed by atoms with E-state index >= 15 is 0 Å². The summed E-state index contributed by atoms with van der Waals surface area (Å²) in [6, 6.07) is 0. The molecule has 0 saturated carbocycles. The Kier molecular flexibility index (Phi) is 19.1. The number of rotatable bonds is 2. The highest BCUT2D eigenvalue weighted by Gasteiger charge is 2.43. The summed E-state index contributed by atoms with van der Waals surface area (Å²) < 4.78 is 59.0. The number of sulfone groups is 1. The second-order valence-corrected chi connectivity index (χ2v) is 35.2. The molecule has 26 heteroatoms. The molecule has 7 aliphatic rings. The zero-order valence-corrected chi connectivity index (χ0v) is 57.5. The highest BCUT2D eigenvalue weighted by Crippen LogP contribution is 2.46. The van der Waals surface area contributed by atoms with Crippen molar-refractivity contribution in [3.8, 4) is 0 Å². The number of hydrogen-bond donors (Lipinski definition) is 1. The van der Waals surface area contributed by atoms with E-state index in [1.54, 1.807) is 63.9 Å². The number of nitrogens with zero attached hydrogens (tertiary/aromatic N) is 11. The molecule has 462 valence electrons. The van der Waals surface area contributed by atoms with Gasteiger partial charge in [0.15, 0.2) is 9.84 Å². The van der Waals surface area contributed by atoms with Gasteiger partial charge in [-0.15, -0.1) is 11.8 Å². The molecule has 7 aliphatic heterocycles. The predicted molar refractivity (Wildman–Crippen MR) is 348 cm³/mol. The molecule has 0 spiro atoms. The van der Waals surface area contributed by atoms with Gasteiger partial charge in [0.2, 0.25) is 22.3 Å². The lowest BCUT2D eigenvalue weighted by Crippen LogP contribution is -2.33. The average Bonchev–Trinajstić information content (AvgIpc) is 1.94. The minimum absolute atomic E-state index is 0.0478. The molecule has 7 aromatic heterocycles. The molecular formula is C60H78N12O7S7. The highest BCUT2D eigenvalue weighted by molar-refractivity contribution is 7.99. The second-order valence-electron chi connectivity index (χ2n) is 26.7. The Morgan fingerprint density at radius 2 is 1.12 bits per heavy atom. The van der Waals surface area contributed by atoms with Crippen molar-refractivity contribution in [2.75, 3.05) is 69.1 Å². The third kappa shape index (κ3) is 14.1. The monoisotopic (exact) mass is 1300 g/mol. The normalized spacial score (nSPS) is 20.7. The number of carbonyl (C=O) groups excluding carboxylic acids is 2. The van der Waals surface area contributed by atoms with Crippen molar-refractivity contribution < 1.29 is 30.6 Å². The van der Waals surface area contributed by atoms with E-state index < -0.39 is 30.7 Å². The fourth-order valence-electron chi connectivity index (χ4n) is 11.2. The van der Waals surface area contributed by atoms with Gasteiger partial charge < -0.3 is 15.1 Å². The van der Waals surface area contributed by atoms with Gasteiger partial charge in [0.1, 0.15) is 25.3 Å². The summed E-state index contributed by atoms with van der Waals surface area (Å²) >= 11 is 6.94. The first kappa shape index (κ1) is 66.3. The molecule has 0 radical (unpaired) electrons. The summed E-state index contributed by atoms with van der Waals surface area (Å²) in [5, 5.41) is 15.6. The SMILES string of the molecule is CC(=O)N1CC(C)(C)c2ncncc21.CC1(C)CN(C=O)c2cncnc21.CC1(C)CN(S(C)(=O)=O)c2cncnc21.CC1(C)CNc2cncnc21.CC1(C)CS(=O)(=O)c2cscc21.CC1(C)CS(=O)c2cscc21.CC1(C)CSc2cscc21. The van der Waals surface area contributed by atoms with Gasteiger partial charge in [-0.1, -0.05) is 96.9 Å². The van der Waals surface area contributed by atoms with Crippen molar-refractivity contribution in [1.29, 1.82) is 0 Å². The Morgan fingerprint density at radius 3 is 1.69 bits per heavy atom. The number of aromatic nitrogens is 8. The summed E-state index contributed by atoms with van der Waals surface area (Å²) in [4.78, 5) is 61.1. The largest absolute Gasteiger partial charge is 0.381 e. The van der Waals surface area contributed by atoms with Crippen LogP contribution in [0.25, 0.3) is 0 Å². The molecule has 19 nitrogen and oxygen atoms in total. The number of amides is 2. The summed E-state index contributed by atoms with van der Waals surface area (Å²) in [5.41, 5.74) is 11.2. The molecule has 1 N–H and O–H groups in total. The Balaban J connectivity index is 0.000000131. The number of carbonyl (C=O) groups is 2. The Morgan fingerprint density at radius 1 is 0.605 bits per heavy atom. The van der Waals surface area contributed by atoms with E-state index in [0.717, 1.165) is 69.0 Å². The first-order valence-corrected chi connectivity index (χ1v) is 36.4. The zero-order valence-electron chi connectivity index (χ0n) is 51.7. The van der Waals surface area contributed by atoms with Crippen LogP contribution in [0.1, 0.15) is 143 Å². The predicted octanol–water partition coefficient (Wildman–Crippen LogP) is 10.7. The topological polar surface area (TPSA) is 244 Å². The molecule has 14 heterocycles. The van der Waals surface area contributed by atoms with E-state index in [1.807, 2.05) is 67.8 Å².